The average molecular weight is 662 g/mol. The van der Waals surface area contributed by atoms with Crippen LogP contribution in [0.25, 0.3) is 10.9 Å². The van der Waals surface area contributed by atoms with Gasteiger partial charge in [0.1, 0.15) is 22.7 Å². The van der Waals surface area contributed by atoms with Crippen LogP contribution in [-0.4, -0.2) is 93.0 Å². The maximum atomic E-state index is 13.2. The van der Waals surface area contributed by atoms with E-state index in [1.807, 2.05) is 0 Å². The Bertz CT molecular complexity index is 1720. The Morgan fingerprint density at radius 2 is 1.60 bits per heavy atom. The normalized spacial score (nSPS) is 12.9. The number of benzene rings is 3. The predicted octanol–water partition coefficient (Wildman–Crippen LogP) is 6.17. The molecule has 1 saturated carbocycles. The first-order chi connectivity index (χ1) is 21.2. The molecule has 45 heavy (non-hydrogen) atoms. The Labute approximate surface area is 306 Å². The summed E-state index contributed by atoms with van der Waals surface area (Å²) in [5, 5.41) is 15.1. The second kappa shape index (κ2) is 15.3. The van der Waals surface area contributed by atoms with Gasteiger partial charge >= 0.3 is 57.4 Å². The minimum atomic E-state index is -1.22. The molecular weight excluding hydrogens is 632 g/mol. The zero-order chi connectivity index (χ0) is 31.3. The van der Waals surface area contributed by atoms with Crippen LogP contribution in [0.15, 0.2) is 66.9 Å². The van der Waals surface area contributed by atoms with Crippen molar-refractivity contribution in [2.24, 2.45) is 5.41 Å². The first-order valence-corrected chi connectivity index (χ1v) is 14.2. The number of aromatic nitrogens is 1. The molecule has 4 aromatic rings. The van der Waals surface area contributed by atoms with Crippen molar-refractivity contribution in [3.63, 3.8) is 0 Å². The number of amides is 2. The van der Waals surface area contributed by atoms with Gasteiger partial charge in [0, 0.05) is 35.4 Å². The minimum absolute atomic E-state index is 0. The Hall–Kier alpha value is -3.26. The fourth-order valence-electron chi connectivity index (χ4n) is 4.55. The van der Waals surface area contributed by atoms with E-state index in [1.165, 1.54) is 37.4 Å². The van der Waals surface area contributed by atoms with Crippen LogP contribution in [-0.2, 0) is 14.4 Å². The summed E-state index contributed by atoms with van der Waals surface area (Å²) in [6, 6.07) is 15.2. The standard InChI is InChI=1S/C32H29ClFN3O7.K.H/c1-42-27-17-22-24(18-28(27)43-15-3-2-4-29(38)39)35-14-11-25(22)44-26-10-9-21(16-23(26)33)37-31(41)32(12-13-32)30(40)36-20-7-5-19(34)6-8-20;;/h5-11,14,16-18H,2-4,12-13,15H2,1H3,(H,36,40)(H,37,41)(H,38,39);;. The molecular formula is C32H30ClFKN3O7. The zero-order valence-electron chi connectivity index (χ0n) is 23.7. The zero-order valence-corrected chi connectivity index (χ0v) is 24.4. The fourth-order valence-corrected chi connectivity index (χ4v) is 4.77. The monoisotopic (exact) mass is 661 g/mol. The van der Waals surface area contributed by atoms with Gasteiger partial charge in [0.25, 0.3) is 0 Å². The molecule has 1 aromatic heterocycles. The Morgan fingerprint density at radius 3 is 2.24 bits per heavy atom. The van der Waals surface area contributed by atoms with Gasteiger partial charge in [0.05, 0.1) is 24.3 Å². The summed E-state index contributed by atoms with van der Waals surface area (Å²) in [6.45, 7) is 0.323. The molecule has 3 N–H and O–H groups in total. The Morgan fingerprint density at radius 1 is 0.911 bits per heavy atom. The van der Waals surface area contributed by atoms with Gasteiger partial charge in [-0.25, -0.2) is 4.39 Å². The third-order valence-corrected chi connectivity index (χ3v) is 7.46. The summed E-state index contributed by atoms with van der Waals surface area (Å²) in [4.78, 5) is 41.1. The number of nitrogens with zero attached hydrogens (tertiary/aromatic N) is 1. The Kier molecular flexibility index (Phi) is 11.8. The van der Waals surface area contributed by atoms with Crippen LogP contribution in [0.3, 0.4) is 0 Å². The summed E-state index contributed by atoms with van der Waals surface area (Å²) in [6.07, 6.45) is 3.50. The Balaban J connectivity index is 0.00000461. The number of carbonyl (C=O) groups excluding carboxylic acids is 2. The number of fused-ring (bicyclic) bond motifs is 1. The van der Waals surface area contributed by atoms with Crippen molar-refractivity contribution in [3.05, 3.63) is 77.7 Å². The van der Waals surface area contributed by atoms with Crippen LogP contribution < -0.4 is 24.8 Å². The molecule has 230 valence electrons. The number of carboxylic acids is 1. The summed E-state index contributed by atoms with van der Waals surface area (Å²) >= 11 is 6.53. The second-order valence-corrected chi connectivity index (χ2v) is 10.7. The van der Waals surface area contributed by atoms with Crippen molar-refractivity contribution in [1.82, 2.24) is 4.98 Å². The fraction of sp³-hybridized carbons (Fsp3) is 0.250. The van der Waals surface area contributed by atoms with Gasteiger partial charge in [-0.3, -0.25) is 19.4 Å². The predicted molar refractivity (Wildman–Crippen MR) is 169 cm³/mol. The van der Waals surface area contributed by atoms with Gasteiger partial charge in [-0.1, -0.05) is 11.6 Å². The maximum absolute atomic E-state index is 13.2. The number of anilines is 2. The molecule has 5 rings (SSSR count). The number of aliphatic carboxylic acids is 1. The molecule has 3 aromatic carbocycles. The van der Waals surface area contributed by atoms with Gasteiger partial charge < -0.3 is 30.0 Å². The molecule has 0 bridgehead atoms. The van der Waals surface area contributed by atoms with Crippen molar-refractivity contribution >= 4 is 103 Å². The number of carboxylic acid groups (broad SMARTS) is 1. The van der Waals surface area contributed by atoms with E-state index in [2.05, 4.69) is 15.6 Å². The average Bonchev–Trinajstić information content (AvgIpc) is 3.82. The summed E-state index contributed by atoms with van der Waals surface area (Å²) in [5.41, 5.74) is 0.154. The SMILES string of the molecule is COc1cc2c(Oc3ccc(NC(=O)C4(C(=O)Nc5ccc(F)cc5)CC4)cc3Cl)ccnc2cc1OCCCCC(=O)O.[KH]. The van der Waals surface area contributed by atoms with Crippen molar-refractivity contribution < 1.29 is 38.1 Å². The third kappa shape index (κ3) is 8.51. The van der Waals surface area contributed by atoms with Crippen LogP contribution >= 0.6 is 11.6 Å². The van der Waals surface area contributed by atoms with Crippen LogP contribution in [0, 0.1) is 11.2 Å². The first kappa shape index (κ1) is 34.6. The van der Waals surface area contributed by atoms with Gasteiger partial charge in [0.15, 0.2) is 11.5 Å². The molecule has 0 unspecified atom stereocenters. The molecule has 1 heterocycles. The molecule has 0 aliphatic heterocycles. The van der Waals surface area contributed by atoms with Gasteiger partial charge in [-0.15, -0.1) is 0 Å². The van der Waals surface area contributed by atoms with E-state index in [0.29, 0.717) is 77.6 Å². The number of pyridine rings is 1. The van der Waals surface area contributed by atoms with Gasteiger partial charge in [0.2, 0.25) is 11.8 Å². The van der Waals surface area contributed by atoms with Crippen molar-refractivity contribution in [1.29, 1.82) is 0 Å². The van der Waals surface area contributed by atoms with E-state index >= 15 is 0 Å². The van der Waals surface area contributed by atoms with Crippen molar-refractivity contribution in [2.75, 3.05) is 24.4 Å². The van der Waals surface area contributed by atoms with Crippen molar-refractivity contribution in [2.45, 2.75) is 32.1 Å². The molecule has 1 aliphatic rings. The molecule has 13 heteroatoms. The number of rotatable bonds is 13. The van der Waals surface area contributed by atoms with Gasteiger partial charge in [-0.2, -0.15) is 0 Å². The molecule has 0 saturated heterocycles. The van der Waals surface area contributed by atoms with Crippen LogP contribution in [0.2, 0.25) is 5.02 Å². The summed E-state index contributed by atoms with van der Waals surface area (Å²) in [7, 11) is 1.51. The number of halogens is 2. The van der Waals surface area contributed by atoms with E-state index < -0.39 is 29.0 Å². The topological polar surface area (TPSA) is 136 Å². The van der Waals surface area contributed by atoms with E-state index in [4.69, 9.17) is 30.9 Å². The van der Waals surface area contributed by atoms with Crippen LogP contribution in [0.5, 0.6) is 23.0 Å². The quantitative estimate of drug-likeness (QED) is 0.0879. The number of unbranched alkanes of at least 4 members (excludes halogenated alkanes) is 1. The van der Waals surface area contributed by atoms with Crippen molar-refractivity contribution in [3.8, 4) is 23.0 Å². The third-order valence-electron chi connectivity index (χ3n) is 7.16. The number of nitrogens with one attached hydrogen (secondary N) is 2. The molecule has 0 atom stereocenters. The van der Waals surface area contributed by atoms with Crippen LogP contribution in [0.4, 0.5) is 15.8 Å². The van der Waals surface area contributed by atoms with E-state index in [-0.39, 0.29) is 62.8 Å². The molecule has 2 amide bonds. The second-order valence-electron chi connectivity index (χ2n) is 10.3. The van der Waals surface area contributed by atoms with E-state index in [1.54, 1.807) is 36.5 Å². The van der Waals surface area contributed by atoms with Crippen LogP contribution in [0.1, 0.15) is 32.1 Å². The number of ether oxygens (including phenoxy) is 3. The number of methoxy groups -OCH3 is 1. The number of hydrogen-bond donors (Lipinski definition) is 3. The molecule has 1 aliphatic carbocycles. The number of carbonyl (C=O) groups is 3. The summed E-state index contributed by atoms with van der Waals surface area (Å²) < 4.78 is 30.6. The molecule has 0 radical (unpaired) electrons. The molecule has 0 spiro atoms. The first-order valence-electron chi connectivity index (χ1n) is 13.9. The molecule has 10 nitrogen and oxygen atoms in total. The van der Waals surface area contributed by atoms with E-state index in [0.717, 1.165) is 0 Å². The van der Waals surface area contributed by atoms with Gasteiger partial charge in [-0.05, 0) is 80.3 Å². The number of hydrogen-bond acceptors (Lipinski definition) is 7. The summed E-state index contributed by atoms with van der Waals surface area (Å²) in [5.74, 6) is -0.494. The van der Waals surface area contributed by atoms with E-state index in [9.17, 15) is 18.8 Å². The molecule has 1 fully saturated rings.